The zero-order valence-electron chi connectivity index (χ0n) is 8.36. The Morgan fingerprint density at radius 2 is 1.64 bits per heavy atom. The van der Waals surface area contributed by atoms with Gasteiger partial charge >= 0.3 is 0 Å². The molecule has 0 nitrogen and oxygen atoms in total. The van der Waals surface area contributed by atoms with Crippen LogP contribution < -0.4 is 0 Å². The van der Waals surface area contributed by atoms with Crippen LogP contribution in [-0.4, -0.2) is 0 Å². The molecule has 0 saturated heterocycles. The molecular weight excluding hydrogens is 132 g/mol. The van der Waals surface area contributed by atoms with Crippen molar-refractivity contribution < 1.29 is 0 Å². The summed E-state index contributed by atoms with van der Waals surface area (Å²) in [5.74, 6) is 0. The van der Waals surface area contributed by atoms with Gasteiger partial charge in [-0.2, -0.15) is 0 Å². The Morgan fingerprint density at radius 1 is 1.09 bits per heavy atom. The van der Waals surface area contributed by atoms with Crippen LogP contribution in [0.2, 0.25) is 0 Å². The predicted octanol–water partition coefficient (Wildman–Crippen LogP) is 3.90. The number of hydrogen-bond donors (Lipinski definition) is 0. The molecule has 0 saturated carbocycles. The van der Waals surface area contributed by atoms with Crippen LogP contribution in [0, 0.1) is 6.42 Å². The first kappa shape index (κ1) is 10.5. The van der Waals surface area contributed by atoms with Crippen molar-refractivity contribution in [2.75, 3.05) is 0 Å². The van der Waals surface area contributed by atoms with Crippen LogP contribution in [0.5, 0.6) is 0 Å². The van der Waals surface area contributed by atoms with Gasteiger partial charge in [0.2, 0.25) is 0 Å². The second kappa shape index (κ2) is 5.17. The molecule has 0 aromatic heterocycles. The lowest BCUT2D eigenvalue weighted by atomic mass is 9.94. The molecule has 0 atom stereocenters. The summed E-state index contributed by atoms with van der Waals surface area (Å²) < 4.78 is 0. The topological polar surface area (TPSA) is 0 Å². The number of allylic oxidation sites excluding steroid dienone is 4. The number of hydrogen-bond acceptors (Lipinski definition) is 0. The largest absolute Gasteiger partial charge is 0.0773 e. The summed E-state index contributed by atoms with van der Waals surface area (Å²) in [5.41, 5.74) is 4.39. The Labute approximate surface area is 71.0 Å². The van der Waals surface area contributed by atoms with Crippen molar-refractivity contribution in [2.45, 2.75) is 41.0 Å². The fourth-order valence-corrected chi connectivity index (χ4v) is 1.03. The zero-order valence-corrected chi connectivity index (χ0v) is 8.36. The molecule has 0 amide bonds. The molecule has 1 aliphatic rings. The Hall–Kier alpha value is -0.520. The van der Waals surface area contributed by atoms with Crippen LogP contribution in [0.25, 0.3) is 0 Å². The highest BCUT2D eigenvalue weighted by Crippen LogP contribution is 2.22. The highest BCUT2D eigenvalue weighted by Gasteiger charge is 2.03. The molecule has 0 unspecified atom stereocenters. The molecule has 0 heteroatoms. The molecule has 11 heavy (non-hydrogen) atoms. The Bertz CT molecular complexity index is 170. The SMILES string of the molecule is CC.CC1=C[CH]CC(C)=C1C. The molecule has 63 valence electrons. The lowest BCUT2D eigenvalue weighted by molar-refractivity contribution is 1.05. The van der Waals surface area contributed by atoms with Crippen LogP contribution in [0.3, 0.4) is 0 Å². The molecule has 1 rings (SSSR count). The molecule has 1 radical (unpaired) electrons. The van der Waals surface area contributed by atoms with Crippen molar-refractivity contribution in [1.29, 1.82) is 0 Å². The van der Waals surface area contributed by atoms with E-state index in [1.807, 2.05) is 13.8 Å². The van der Waals surface area contributed by atoms with Crippen LogP contribution in [0.1, 0.15) is 41.0 Å². The van der Waals surface area contributed by atoms with Gasteiger partial charge in [0.05, 0.1) is 0 Å². The molecule has 0 aliphatic heterocycles. The highest BCUT2D eigenvalue weighted by molar-refractivity contribution is 5.37. The molecule has 0 N–H and O–H groups in total. The summed E-state index contributed by atoms with van der Waals surface area (Å²) in [6, 6.07) is 0. The molecule has 1 aliphatic carbocycles. The van der Waals surface area contributed by atoms with Crippen molar-refractivity contribution in [3.8, 4) is 0 Å². The zero-order chi connectivity index (χ0) is 8.85. The first-order chi connectivity index (χ1) is 5.22. The maximum Gasteiger partial charge on any atom is -0.0124 e. The van der Waals surface area contributed by atoms with Gasteiger partial charge in [0.15, 0.2) is 0 Å². The summed E-state index contributed by atoms with van der Waals surface area (Å²) in [4.78, 5) is 0. The van der Waals surface area contributed by atoms with Gasteiger partial charge in [-0.15, -0.1) is 0 Å². The van der Waals surface area contributed by atoms with E-state index in [1.54, 1.807) is 0 Å². The van der Waals surface area contributed by atoms with Gasteiger partial charge in [-0.1, -0.05) is 31.1 Å². The highest BCUT2D eigenvalue weighted by atomic mass is 14.1. The Balaban J connectivity index is 0.000000461. The molecule has 0 spiro atoms. The van der Waals surface area contributed by atoms with Crippen LogP contribution in [-0.2, 0) is 0 Å². The van der Waals surface area contributed by atoms with Crippen LogP contribution in [0.15, 0.2) is 22.8 Å². The lowest BCUT2D eigenvalue weighted by Gasteiger charge is -2.12. The molecule has 0 aromatic rings. The van der Waals surface area contributed by atoms with E-state index in [1.165, 1.54) is 16.7 Å². The molecule has 0 aromatic carbocycles. The van der Waals surface area contributed by atoms with Gasteiger partial charge in [-0.25, -0.2) is 0 Å². The summed E-state index contributed by atoms with van der Waals surface area (Å²) in [6.07, 6.45) is 5.56. The van der Waals surface area contributed by atoms with Gasteiger partial charge in [0.1, 0.15) is 0 Å². The summed E-state index contributed by atoms with van der Waals surface area (Å²) in [6.45, 7) is 10.5. The van der Waals surface area contributed by atoms with Crippen molar-refractivity contribution in [2.24, 2.45) is 0 Å². The molecule has 0 heterocycles. The summed E-state index contributed by atoms with van der Waals surface area (Å²) in [7, 11) is 0. The first-order valence-corrected chi connectivity index (χ1v) is 4.38. The van der Waals surface area contributed by atoms with E-state index < -0.39 is 0 Å². The number of rotatable bonds is 0. The quantitative estimate of drug-likeness (QED) is 0.492. The smallest absolute Gasteiger partial charge is 0.0124 e. The van der Waals surface area contributed by atoms with Gasteiger partial charge < -0.3 is 0 Å². The van der Waals surface area contributed by atoms with Crippen molar-refractivity contribution in [3.05, 3.63) is 29.2 Å². The van der Waals surface area contributed by atoms with Crippen LogP contribution >= 0.6 is 0 Å². The fraction of sp³-hybridized carbons (Fsp3) is 0.545. The van der Waals surface area contributed by atoms with Crippen molar-refractivity contribution >= 4 is 0 Å². The average Bonchev–Trinajstić information content (AvgIpc) is 2.04. The molecular formula is C11H19. The van der Waals surface area contributed by atoms with E-state index in [9.17, 15) is 0 Å². The third-order valence-electron chi connectivity index (χ3n) is 2.02. The van der Waals surface area contributed by atoms with E-state index in [-0.39, 0.29) is 0 Å². The minimum Gasteiger partial charge on any atom is -0.0773 e. The summed E-state index contributed by atoms with van der Waals surface area (Å²) in [5, 5.41) is 0. The monoisotopic (exact) mass is 151 g/mol. The average molecular weight is 151 g/mol. The minimum atomic E-state index is 1.14. The normalized spacial score (nSPS) is 17.0. The van der Waals surface area contributed by atoms with E-state index in [2.05, 4.69) is 33.3 Å². The summed E-state index contributed by atoms with van der Waals surface area (Å²) >= 11 is 0. The first-order valence-electron chi connectivity index (χ1n) is 4.38. The maximum absolute atomic E-state index is 2.22. The van der Waals surface area contributed by atoms with Crippen LogP contribution in [0.4, 0.5) is 0 Å². The van der Waals surface area contributed by atoms with E-state index in [4.69, 9.17) is 0 Å². The van der Waals surface area contributed by atoms with Crippen molar-refractivity contribution in [3.63, 3.8) is 0 Å². The fourth-order valence-electron chi connectivity index (χ4n) is 1.03. The minimum absolute atomic E-state index is 1.14. The van der Waals surface area contributed by atoms with Crippen molar-refractivity contribution in [1.82, 2.24) is 0 Å². The van der Waals surface area contributed by atoms with E-state index in [0.717, 1.165) is 6.42 Å². The van der Waals surface area contributed by atoms with Gasteiger partial charge in [-0.3, -0.25) is 0 Å². The second-order valence-corrected chi connectivity index (χ2v) is 2.69. The Kier molecular flexibility index (Phi) is 4.93. The molecule has 0 fully saturated rings. The van der Waals surface area contributed by atoms with E-state index in [0.29, 0.717) is 0 Å². The maximum atomic E-state index is 2.22. The third kappa shape index (κ3) is 2.92. The Morgan fingerprint density at radius 3 is 2.00 bits per heavy atom. The lowest BCUT2D eigenvalue weighted by Crippen LogP contribution is -1.92. The van der Waals surface area contributed by atoms with Gasteiger partial charge in [0.25, 0.3) is 0 Å². The third-order valence-corrected chi connectivity index (χ3v) is 2.02. The van der Waals surface area contributed by atoms with Gasteiger partial charge in [-0.05, 0) is 39.2 Å². The van der Waals surface area contributed by atoms with E-state index >= 15 is 0 Å². The predicted molar refractivity (Wildman–Crippen MR) is 52.4 cm³/mol. The second-order valence-electron chi connectivity index (χ2n) is 2.69. The molecule has 0 bridgehead atoms. The van der Waals surface area contributed by atoms with Gasteiger partial charge in [0, 0.05) is 0 Å². The standard InChI is InChI=1S/C9H13.C2H6/c1-7-5-4-6-8(2)9(7)3;1-2/h4-5H,6H2,1-3H3;1-2H3.